The number of carbonyl (C=O) groups excluding carboxylic acids is 1. The Morgan fingerprint density at radius 2 is 1.81 bits per heavy atom. The summed E-state index contributed by atoms with van der Waals surface area (Å²) >= 11 is 0. The Hall–Kier alpha value is -2.74. The summed E-state index contributed by atoms with van der Waals surface area (Å²) in [5, 5.41) is 13.9. The second-order valence-electron chi connectivity index (χ2n) is 5.98. The highest BCUT2D eigenvalue weighted by atomic mass is 32.2. The van der Waals surface area contributed by atoms with Crippen LogP contribution in [0.4, 0.5) is 5.69 Å². The molecule has 2 aromatic rings. The number of amides is 1. The molecule has 1 N–H and O–H groups in total. The maximum Gasteiger partial charge on any atom is 0.273 e. The van der Waals surface area contributed by atoms with Crippen molar-refractivity contribution in [1.82, 2.24) is 5.32 Å². The fourth-order valence-corrected chi connectivity index (χ4v) is 3.30. The highest BCUT2D eigenvalue weighted by Crippen LogP contribution is 2.23. The molecule has 0 bridgehead atoms. The monoisotopic (exact) mass is 376 g/mol. The van der Waals surface area contributed by atoms with E-state index in [9.17, 15) is 23.3 Å². The van der Waals surface area contributed by atoms with Crippen molar-refractivity contribution < 1.29 is 18.1 Å². The second kappa shape index (κ2) is 7.65. The van der Waals surface area contributed by atoms with E-state index >= 15 is 0 Å². The normalized spacial score (nSPS) is 12.4. The first-order valence-corrected chi connectivity index (χ1v) is 9.89. The number of benzene rings is 2. The summed E-state index contributed by atoms with van der Waals surface area (Å²) in [7, 11) is -3.29. The minimum Gasteiger partial charge on any atom is -0.345 e. The van der Waals surface area contributed by atoms with Crippen LogP contribution >= 0.6 is 0 Å². The molecular weight excluding hydrogens is 356 g/mol. The zero-order chi connectivity index (χ0) is 19.5. The van der Waals surface area contributed by atoms with Gasteiger partial charge in [-0.3, -0.25) is 14.9 Å². The number of nitrogens with one attached hydrogen (secondary N) is 1. The lowest BCUT2D eigenvalue weighted by Crippen LogP contribution is -2.28. The van der Waals surface area contributed by atoms with Crippen LogP contribution < -0.4 is 5.32 Å². The summed E-state index contributed by atoms with van der Waals surface area (Å²) < 4.78 is 23.1. The number of hydrogen-bond donors (Lipinski definition) is 1. The summed E-state index contributed by atoms with van der Waals surface area (Å²) in [6.45, 7) is 3.42. The molecule has 26 heavy (non-hydrogen) atoms. The van der Waals surface area contributed by atoms with Gasteiger partial charge in [0.2, 0.25) is 0 Å². The van der Waals surface area contributed by atoms with Gasteiger partial charge in [-0.05, 0) is 37.1 Å². The van der Waals surface area contributed by atoms with Gasteiger partial charge in [0, 0.05) is 23.4 Å². The van der Waals surface area contributed by atoms with Gasteiger partial charge < -0.3 is 5.32 Å². The Bertz CT molecular complexity index is 937. The van der Waals surface area contributed by atoms with Crippen molar-refractivity contribution in [3.05, 3.63) is 69.3 Å². The van der Waals surface area contributed by atoms with Crippen molar-refractivity contribution in [2.45, 2.75) is 31.2 Å². The van der Waals surface area contributed by atoms with Crippen LogP contribution in [0.3, 0.4) is 0 Å². The van der Waals surface area contributed by atoms with E-state index < -0.39 is 20.7 Å². The van der Waals surface area contributed by atoms with Gasteiger partial charge in [-0.2, -0.15) is 0 Å². The molecule has 0 radical (unpaired) electrons. The van der Waals surface area contributed by atoms with E-state index in [2.05, 4.69) is 5.32 Å². The van der Waals surface area contributed by atoms with Gasteiger partial charge in [-0.25, -0.2) is 8.42 Å². The maximum absolute atomic E-state index is 12.6. The van der Waals surface area contributed by atoms with Gasteiger partial charge in [-0.1, -0.05) is 25.1 Å². The second-order valence-corrected chi connectivity index (χ2v) is 8.00. The van der Waals surface area contributed by atoms with Crippen molar-refractivity contribution >= 4 is 21.4 Å². The fraction of sp³-hybridized carbons (Fsp3) is 0.278. The molecule has 138 valence electrons. The largest absolute Gasteiger partial charge is 0.345 e. The van der Waals surface area contributed by atoms with E-state index in [1.54, 1.807) is 12.1 Å². The van der Waals surface area contributed by atoms with E-state index in [-0.39, 0.29) is 22.2 Å². The predicted molar refractivity (Wildman–Crippen MR) is 97.9 cm³/mol. The number of nitro benzene ring substituents is 1. The van der Waals surface area contributed by atoms with Gasteiger partial charge in [0.25, 0.3) is 11.6 Å². The van der Waals surface area contributed by atoms with Crippen LogP contribution in [0, 0.1) is 17.0 Å². The molecule has 0 aliphatic rings. The average Bonchev–Trinajstić information content (AvgIpc) is 2.58. The van der Waals surface area contributed by atoms with Gasteiger partial charge in [-0.15, -0.1) is 0 Å². The van der Waals surface area contributed by atoms with Crippen molar-refractivity contribution in [3.8, 4) is 0 Å². The molecule has 0 saturated heterocycles. The fourth-order valence-electron chi connectivity index (χ4n) is 2.67. The Balaban J connectivity index is 2.27. The first-order valence-electron chi connectivity index (χ1n) is 8.00. The quantitative estimate of drug-likeness (QED) is 0.615. The molecular formula is C18H20N2O5S. The molecule has 0 aliphatic carbocycles. The highest BCUT2D eigenvalue weighted by Gasteiger charge is 2.20. The third kappa shape index (κ3) is 4.26. The molecule has 0 heterocycles. The van der Waals surface area contributed by atoms with Crippen molar-refractivity contribution in [1.29, 1.82) is 0 Å². The van der Waals surface area contributed by atoms with Crippen LogP contribution in [0.2, 0.25) is 0 Å². The molecule has 8 heteroatoms. The Morgan fingerprint density at radius 3 is 2.31 bits per heavy atom. The maximum atomic E-state index is 12.6. The van der Waals surface area contributed by atoms with E-state index in [1.807, 2.05) is 6.92 Å². The zero-order valence-electron chi connectivity index (χ0n) is 14.7. The minimum atomic E-state index is -3.29. The molecule has 0 fully saturated rings. The van der Waals surface area contributed by atoms with Crippen LogP contribution in [-0.2, 0) is 9.84 Å². The summed E-state index contributed by atoms with van der Waals surface area (Å²) in [6.07, 6.45) is 1.71. The molecule has 7 nitrogen and oxygen atoms in total. The van der Waals surface area contributed by atoms with E-state index in [0.29, 0.717) is 12.0 Å². The van der Waals surface area contributed by atoms with E-state index in [4.69, 9.17) is 0 Å². The molecule has 0 saturated carbocycles. The van der Waals surface area contributed by atoms with Crippen LogP contribution in [-0.4, -0.2) is 25.5 Å². The lowest BCUT2D eigenvalue weighted by molar-refractivity contribution is -0.385. The van der Waals surface area contributed by atoms with Crippen LogP contribution in [0.1, 0.15) is 40.9 Å². The van der Waals surface area contributed by atoms with Gasteiger partial charge >= 0.3 is 0 Å². The molecule has 2 aromatic carbocycles. The molecule has 2 rings (SSSR count). The van der Waals surface area contributed by atoms with Crippen molar-refractivity contribution in [2.24, 2.45) is 0 Å². The summed E-state index contributed by atoms with van der Waals surface area (Å²) in [4.78, 5) is 23.3. The van der Waals surface area contributed by atoms with Crippen LogP contribution in [0.25, 0.3) is 0 Å². The van der Waals surface area contributed by atoms with Crippen LogP contribution in [0.15, 0.2) is 47.4 Å². The third-order valence-electron chi connectivity index (χ3n) is 4.17. The minimum absolute atomic E-state index is 0.108. The molecule has 0 unspecified atom stereocenters. The summed E-state index contributed by atoms with van der Waals surface area (Å²) in [6, 6.07) is 10.3. The summed E-state index contributed by atoms with van der Waals surface area (Å²) in [5.74, 6) is -0.412. The Labute approximate surface area is 152 Å². The molecule has 1 atom stereocenters. The predicted octanol–water partition coefficient (Wildman–Crippen LogP) is 3.19. The number of sulfone groups is 1. The lowest BCUT2D eigenvalue weighted by atomic mass is 10.0. The first-order chi connectivity index (χ1) is 12.1. The highest BCUT2D eigenvalue weighted by molar-refractivity contribution is 7.90. The topological polar surface area (TPSA) is 106 Å². The standard InChI is InChI=1S/C18H20N2O5S/c1-4-16(13-8-10-14(11-9-13)26(3,24)25)19-18(21)15-6-5-7-17(12(15)2)20(22)23/h5-11,16H,4H2,1-3H3,(H,19,21)/t16-/m1/s1. The Morgan fingerprint density at radius 1 is 1.19 bits per heavy atom. The number of rotatable bonds is 6. The number of carbonyl (C=O) groups is 1. The Kier molecular flexibility index (Phi) is 5.76. The van der Waals surface area contributed by atoms with Crippen LogP contribution in [0.5, 0.6) is 0 Å². The third-order valence-corrected chi connectivity index (χ3v) is 5.30. The average molecular weight is 376 g/mol. The molecule has 0 spiro atoms. The number of hydrogen-bond acceptors (Lipinski definition) is 5. The van der Waals surface area contributed by atoms with E-state index in [1.165, 1.54) is 37.3 Å². The lowest BCUT2D eigenvalue weighted by Gasteiger charge is -2.18. The summed E-state index contributed by atoms with van der Waals surface area (Å²) in [5.41, 5.74) is 1.20. The van der Waals surface area contributed by atoms with Gasteiger partial charge in [0.15, 0.2) is 9.84 Å². The van der Waals surface area contributed by atoms with Gasteiger partial charge in [0.1, 0.15) is 0 Å². The number of nitrogens with zero attached hydrogens (tertiary/aromatic N) is 1. The molecule has 0 aliphatic heterocycles. The SMILES string of the molecule is CC[C@@H](NC(=O)c1cccc([N+](=O)[O-])c1C)c1ccc(S(C)(=O)=O)cc1. The smallest absolute Gasteiger partial charge is 0.273 e. The van der Waals surface area contributed by atoms with Gasteiger partial charge in [0.05, 0.1) is 15.9 Å². The van der Waals surface area contributed by atoms with Crippen molar-refractivity contribution in [3.63, 3.8) is 0 Å². The molecule has 1 amide bonds. The van der Waals surface area contributed by atoms with E-state index in [0.717, 1.165) is 11.8 Å². The zero-order valence-corrected chi connectivity index (χ0v) is 15.5. The molecule has 0 aromatic heterocycles. The number of nitro groups is 1. The van der Waals surface area contributed by atoms with Crippen molar-refractivity contribution in [2.75, 3.05) is 6.26 Å². The first kappa shape index (κ1) is 19.6.